The normalized spacial score (nSPS) is 13.1. The van der Waals surface area contributed by atoms with E-state index in [4.69, 9.17) is 0 Å². The summed E-state index contributed by atoms with van der Waals surface area (Å²) in [5, 5.41) is 3.63. The van der Waals surface area contributed by atoms with Crippen LogP contribution in [-0.2, 0) is 13.5 Å². The SMILES string of the molecule is Cc1cc(CC(F)(F)F)cc(-c2c3ccc([Si](C)(C)CC(C)(C)C)cc3cc[n+]2C)c1C. The summed E-state index contributed by atoms with van der Waals surface area (Å²) in [5.41, 5.74) is 4.32. The Bertz CT molecular complexity index is 1150. The molecule has 0 spiro atoms. The van der Waals surface area contributed by atoms with Crippen molar-refractivity contribution >= 4 is 24.0 Å². The molecule has 3 rings (SSSR count). The molecule has 172 valence electrons. The lowest BCUT2D eigenvalue weighted by Gasteiger charge is -2.31. The average molecular weight is 459 g/mol. The Morgan fingerprint density at radius 2 is 1.59 bits per heavy atom. The Kier molecular flexibility index (Phi) is 6.38. The molecule has 5 heteroatoms. The first kappa shape index (κ1) is 24.5. The van der Waals surface area contributed by atoms with E-state index < -0.39 is 20.7 Å². The van der Waals surface area contributed by atoms with Crippen molar-refractivity contribution in [3.05, 3.63) is 59.3 Å². The van der Waals surface area contributed by atoms with Gasteiger partial charge in [-0.25, -0.2) is 4.57 Å². The van der Waals surface area contributed by atoms with Gasteiger partial charge in [-0.15, -0.1) is 0 Å². The Balaban J connectivity index is 2.19. The predicted octanol–water partition coefficient (Wildman–Crippen LogP) is 7.01. The smallest absolute Gasteiger partial charge is 0.200 e. The molecule has 3 aromatic rings. The molecule has 0 atom stereocenters. The van der Waals surface area contributed by atoms with Crippen LogP contribution in [0.3, 0.4) is 0 Å². The fourth-order valence-electron chi connectivity index (χ4n) is 5.07. The van der Waals surface area contributed by atoms with Crippen LogP contribution in [0.4, 0.5) is 13.2 Å². The van der Waals surface area contributed by atoms with E-state index in [1.54, 1.807) is 12.1 Å². The number of aromatic nitrogens is 1. The molecule has 1 nitrogen and oxygen atoms in total. The third-order valence-electron chi connectivity index (χ3n) is 6.28. The lowest BCUT2D eigenvalue weighted by atomic mass is 9.93. The Morgan fingerprint density at radius 3 is 2.19 bits per heavy atom. The summed E-state index contributed by atoms with van der Waals surface area (Å²) < 4.78 is 41.4. The highest BCUT2D eigenvalue weighted by Gasteiger charge is 2.31. The predicted molar refractivity (Wildman–Crippen MR) is 131 cm³/mol. The monoisotopic (exact) mass is 458 g/mol. The van der Waals surface area contributed by atoms with Crippen LogP contribution >= 0.6 is 0 Å². The number of alkyl halides is 3. The molecular formula is C27H35F3NSi+. The van der Waals surface area contributed by atoms with Gasteiger partial charge in [-0.3, -0.25) is 0 Å². The van der Waals surface area contributed by atoms with Crippen molar-refractivity contribution in [3.8, 4) is 11.3 Å². The molecule has 0 unspecified atom stereocenters. The first-order valence-corrected chi connectivity index (χ1v) is 14.4. The molecule has 0 saturated carbocycles. The second-order valence-electron chi connectivity index (χ2n) is 11.1. The fourth-order valence-corrected chi connectivity index (χ4v) is 9.01. The van der Waals surface area contributed by atoms with Gasteiger partial charge >= 0.3 is 6.18 Å². The maximum absolute atomic E-state index is 13.1. The van der Waals surface area contributed by atoms with E-state index in [2.05, 4.69) is 58.1 Å². The molecule has 0 bridgehead atoms. The molecule has 0 N–H and O–H groups in total. The first-order valence-electron chi connectivity index (χ1n) is 11.2. The van der Waals surface area contributed by atoms with Crippen LogP contribution in [-0.4, -0.2) is 14.3 Å². The van der Waals surface area contributed by atoms with Gasteiger partial charge in [0.25, 0.3) is 0 Å². The largest absolute Gasteiger partial charge is 0.393 e. The van der Waals surface area contributed by atoms with Crippen molar-refractivity contribution < 1.29 is 17.7 Å². The minimum Gasteiger partial charge on any atom is -0.200 e. The van der Waals surface area contributed by atoms with E-state index in [-0.39, 0.29) is 5.41 Å². The third-order valence-corrected chi connectivity index (χ3v) is 10.1. The second-order valence-corrected chi connectivity index (χ2v) is 15.8. The lowest BCUT2D eigenvalue weighted by Crippen LogP contribution is -2.44. The highest BCUT2D eigenvalue weighted by Crippen LogP contribution is 2.33. The molecule has 0 amide bonds. The molecule has 2 aromatic carbocycles. The molecule has 0 saturated heterocycles. The van der Waals surface area contributed by atoms with E-state index in [1.165, 1.54) is 11.2 Å². The van der Waals surface area contributed by atoms with Gasteiger partial charge in [-0.1, -0.05) is 57.3 Å². The average Bonchev–Trinajstić information content (AvgIpc) is 2.61. The van der Waals surface area contributed by atoms with Crippen LogP contribution in [0.5, 0.6) is 0 Å². The highest BCUT2D eigenvalue weighted by molar-refractivity contribution is 6.90. The van der Waals surface area contributed by atoms with Crippen molar-refractivity contribution in [1.29, 1.82) is 0 Å². The number of hydrogen-bond donors (Lipinski definition) is 0. The summed E-state index contributed by atoms with van der Waals surface area (Å²) in [6.07, 6.45) is -3.12. The highest BCUT2D eigenvalue weighted by atomic mass is 28.3. The molecule has 0 radical (unpaired) electrons. The Hall–Kier alpha value is -2.14. The van der Waals surface area contributed by atoms with Crippen LogP contribution in [0.15, 0.2) is 42.6 Å². The second kappa shape index (κ2) is 8.33. The van der Waals surface area contributed by atoms with Crippen molar-refractivity contribution in [2.24, 2.45) is 12.5 Å². The summed E-state index contributed by atoms with van der Waals surface area (Å²) in [4.78, 5) is 0. The lowest BCUT2D eigenvalue weighted by molar-refractivity contribution is -0.659. The minimum absolute atomic E-state index is 0.270. The molecule has 0 aliphatic heterocycles. The van der Waals surface area contributed by atoms with Gasteiger partial charge in [0, 0.05) is 6.07 Å². The van der Waals surface area contributed by atoms with Crippen LogP contribution in [0, 0.1) is 19.3 Å². The van der Waals surface area contributed by atoms with Gasteiger partial charge in [-0.2, -0.15) is 13.2 Å². The number of halogens is 3. The van der Waals surface area contributed by atoms with E-state index in [0.29, 0.717) is 5.56 Å². The van der Waals surface area contributed by atoms with Crippen LogP contribution in [0.25, 0.3) is 22.0 Å². The number of fused-ring (bicyclic) bond motifs is 1. The summed E-state index contributed by atoms with van der Waals surface area (Å²) in [6, 6.07) is 13.4. The van der Waals surface area contributed by atoms with Crippen molar-refractivity contribution in [2.75, 3.05) is 0 Å². The number of benzene rings is 2. The van der Waals surface area contributed by atoms with Crippen LogP contribution in [0.2, 0.25) is 19.1 Å². The zero-order chi connectivity index (χ0) is 24.1. The van der Waals surface area contributed by atoms with Gasteiger partial charge in [0.2, 0.25) is 5.69 Å². The number of aryl methyl sites for hydroxylation is 2. The zero-order valence-corrected chi connectivity index (χ0v) is 21.5. The van der Waals surface area contributed by atoms with Crippen molar-refractivity contribution in [3.63, 3.8) is 0 Å². The number of pyridine rings is 1. The van der Waals surface area contributed by atoms with E-state index in [0.717, 1.165) is 33.2 Å². The molecule has 1 heterocycles. The molecule has 0 fully saturated rings. The summed E-state index contributed by atoms with van der Waals surface area (Å²) in [5.74, 6) is 0. The van der Waals surface area contributed by atoms with E-state index >= 15 is 0 Å². The van der Waals surface area contributed by atoms with Gasteiger partial charge in [0.1, 0.15) is 7.05 Å². The molecule has 32 heavy (non-hydrogen) atoms. The van der Waals surface area contributed by atoms with E-state index in [9.17, 15) is 13.2 Å². The topological polar surface area (TPSA) is 3.88 Å². The number of hydrogen-bond acceptors (Lipinski definition) is 0. The number of nitrogens with zero attached hydrogens (tertiary/aromatic N) is 1. The summed E-state index contributed by atoms with van der Waals surface area (Å²) in [7, 11) is 0.335. The van der Waals surface area contributed by atoms with Gasteiger partial charge in [0.15, 0.2) is 6.20 Å². The summed E-state index contributed by atoms with van der Waals surface area (Å²) >= 11 is 0. The third kappa shape index (κ3) is 5.43. The summed E-state index contributed by atoms with van der Waals surface area (Å²) in [6.45, 7) is 15.6. The standard InChI is InChI=1S/C27H35F3NSi/c1-18-13-20(16-27(28,29)30)14-24(19(18)2)25-23-10-9-22(15-21(23)11-12-31(25)6)32(7,8)17-26(3,4)5/h9-15H,16-17H2,1-8H3/q+1. The van der Waals surface area contributed by atoms with Crippen LogP contribution in [0.1, 0.15) is 37.5 Å². The molecular weight excluding hydrogens is 423 g/mol. The van der Waals surface area contributed by atoms with Gasteiger partial charge in [0.05, 0.1) is 25.4 Å². The number of rotatable bonds is 4. The van der Waals surface area contributed by atoms with Crippen molar-refractivity contribution in [2.45, 2.75) is 66.4 Å². The molecule has 0 aliphatic rings. The minimum atomic E-state index is -4.22. The molecule has 0 aliphatic carbocycles. The maximum Gasteiger partial charge on any atom is 0.393 e. The van der Waals surface area contributed by atoms with E-state index in [1.807, 2.05) is 31.7 Å². The van der Waals surface area contributed by atoms with Gasteiger partial charge in [-0.05, 0) is 59.5 Å². The first-order chi connectivity index (χ1) is 14.6. The maximum atomic E-state index is 13.1. The van der Waals surface area contributed by atoms with Gasteiger partial charge < -0.3 is 0 Å². The van der Waals surface area contributed by atoms with Crippen LogP contribution < -0.4 is 9.75 Å². The fraction of sp³-hybridized carbons (Fsp3) is 0.444. The Morgan fingerprint density at radius 1 is 0.938 bits per heavy atom. The molecule has 1 aromatic heterocycles. The van der Waals surface area contributed by atoms with Crippen molar-refractivity contribution in [1.82, 2.24) is 0 Å². The zero-order valence-electron chi connectivity index (χ0n) is 20.5. The quantitative estimate of drug-likeness (QED) is 0.292. The Labute approximate surface area is 191 Å².